The zero-order valence-electron chi connectivity index (χ0n) is 15.1. The van der Waals surface area contributed by atoms with Crippen molar-refractivity contribution in [2.75, 3.05) is 13.1 Å². The van der Waals surface area contributed by atoms with Gasteiger partial charge in [-0.1, -0.05) is 36.4 Å². The SMILES string of the molecule is O=C(C1CC1)N1CC[C@H](OCc2cccnc2)[C@@H](Cc2ccccc2)C1. The average molecular weight is 350 g/mol. The second kappa shape index (κ2) is 8.00. The van der Waals surface area contributed by atoms with Crippen LogP contribution in [0.4, 0.5) is 0 Å². The maximum Gasteiger partial charge on any atom is 0.225 e. The van der Waals surface area contributed by atoms with E-state index in [0.717, 1.165) is 44.3 Å². The second-order valence-corrected chi connectivity index (χ2v) is 7.51. The van der Waals surface area contributed by atoms with Gasteiger partial charge in [-0.25, -0.2) is 0 Å². The van der Waals surface area contributed by atoms with Crippen molar-refractivity contribution in [2.45, 2.75) is 38.4 Å². The fraction of sp³-hybridized carbons (Fsp3) is 0.455. The van der Waals surface area contributed by atoms with Gasteiger partial charge in [0.05, 0.1) is 12.7 Å². The van der Waals surface area contributed by atoms with Gasteiger partial charge in [-0.15, -0.1) is 0 Å². The quantitative estimate of drug-likeness (QED) is 0.801. The molecule has 0 unspecified atom stereocenters. The van der Waals surface area contributed by atoms with Crippen LogP contribution >= 0.6 is 0 Å². The fourth-order valence-electron chi connectivity index (χ4n) is 3.82. The Bertz CT molecular complexity index is 715. The molecule has 4 nitrogen and oxygen atoms in total. The molecule has 0 spiro atoms. The number of hydrogen-bond donors (Lipinski definition) is 0. The van der Waals surface area contributed by atoms with Crippen molar-refractivity contribution in [3.63, 3.8) is 0 Å². The summed E-state index contributed by atoms with van der Waals surface area (Å²) in [5, 5.41) is 0. The topological polar surface area (TPSA) is 42.4 Å². The normalized spacial score (nSPS) is 23.0. The molecule has 0 radical (unpaired) electrons. The number of ether oxygens (including phenoxy) is 1. The van der Waals surface area contributed by atoms with Crippen molar-refractivity contribution in [1.29, 1.82) is 0 Å². The third-order valence-corrected chi connectivity index (χ3v) is 5.43. The zero-order valence-corrected chi connectivity index (χ0v) is 15.1. The number of carbonyl (C=O) groups excluding carboxylic acids is 1. The highest BCUT2D eigenvalue weighted by Crippen LogP contribution is 2.33. The third-order valence-electron chi connectivity index (χ3n) is 5.43. The van der Waals surface area contributed by atoms with Crippen LogP contribution in [-0.4, -0.2) is 35.0 Å². The number of benzene rings is 1. The molecule has 1 aliphatic heterocycles. The largest absolute Gasteiger partial charge is 0.373 e. The number of rotatable bonds is 6. The number of nitrogens with zero attached hydrogens (tertiary/aromatic N) is 2. The molecule has 0 N–H and O–H groups in total. The van der Waals surface area contributed by atoms with E-state index in [1.54, 1.807) is 6.20 Å². The summed E-state index contributed by atoms with van der Waals surface area (Å²) in [6.07, 6.45) is 7.82. The summed E-state index contributed by atoms with van der Waals surface area (Å²) in [5.74, 6) is 0.986. The Hall–Kier alpha value is -2.20. The van der Waals surface area contributed by atoms with Gasteiger partial charge in [0.1, 0.15) is 0 Å². The predicted molar refractivity (Wildman–Crippen MR) is 100 cm³/mol. The second-order valence-electron chi connectivity index (χ2n) is 7.51. The first kappa shape index (κ1) is 17.2. The van der Waals surface area contributed by atoms with Crippen LogP contribution in [0.5, 0.6) is 0 Å². The number of aromatic nitrogens is 1. The van der Waals surface area contributed by atoms with Crippen LogP contribution in [0.15, 0.2) is 54.9 Å². The van der Waals surface area contributed by atoms with E-state index in [9.17, 15) is 4.79 Å². The summed E-state index contributed by atoms with van der Waals surface area (Å²) in [6.45, 7) is 2.21. The van der Waals surface area contributed by atoms with Crippen LogP contribution in [0.25, 0.3) is 0 Å². The molecule has 1 amide bonds. The van der Waals surface area contributed by atoms with Crippen molar-refractivity contribution in [3.05, 3.63) is 66.0 Å². The van der Waals surface area contributed by atoms with Gasteiger partial charge in [-0.3, -0.25) is 9.78 Å². The first-order chi connectivity index (χ1) is 12.8. The Morgan fingerprint density at radius 3 is 2.62 bits per heavy atom. The monoisotopic (exact) mass is 350 g/mol. The van der Waals surface area contributed by atoms with Crippen molar-refractivity contribution in [2.24, 2.45) is 11.8 Å². The standard InChI is InChI=1S/C22H26N2O2/c25-22(19-8-9-19)24-12-10-21(26-16-18-7-4-11-23-14-18)20(15-24)13-17-5-2-1-3-6-17/h1-7,11,14,19-21H,8-10,12-13,15-16H2/t20-,21-/m0/s1. The van der Waals surface area contributed by atoms with E-state index in [-0.39, 0.29) is 6.10 Å². The number of amides is 1. The lowest BCUT2D eigenvalue weighted by Crippen LogP contribution is -2.48. The van der Waals surface area contributed by atoms with Gasteiger partial charge in [-0.2, -0.15) is 0 Å². The van der Waals surface area contributed by atoms with Crippen LogP contribution in [-0.2, 0) is 22.6 Å². The first-order valence-electron chi connectivity index (χ1n) is 9.63. The van der Waals surface area contributed by atoms with Gasteiger partial charge >= 0.3 is 0 Å². The highest BCUT2D eigenvalue weighted by Gasteiger charge is 2.38. The molecule has 1 aromatic carbocycles. The summed E-state index contributed by atoms with van der Waals surface area (Å²) in [4.78, 5) is 18.8. The van der Waals surface area contributed by atoms with E-state index < -0.39 is 0 Å². The van der Waals surface area contributed by atoms with Crippen molar-refractivity contribution >= 4 is 5.91 Å². The molecule has 1 aliphatic carbocycles. The van der Waals surface area contributed by atoms with Gasteiger partial charge in [-0.05, 0) is 42.9 Å². The molecule has 4 heteroatoms. The van der Waals surface area contributed by atoms with E-state index >= 15 is 0 Å². The van der Waals surface area contributed by atoms with Gasteiger partial charge in [0, 0.05) is 37.3 Å². The molecule has 4 rings (SSSR count). The molecule has 26 heavy (non-hydrogen) atoms. The molecule has 2 atom stereocenters. The summed E-state index contributed by atoms with van der Waals surface area (Å²) >= 11 is 0. The van der Waals surface area contributed by atoms with E-state index in [1.807, 2.05) is 24.4 Å². The van der Waals surface area contributed by atoms with E-state index in [2.05, 4.69) is 34.1 Å². The van der Waals surface area contributed by atoms with Gasteiger partial charge in [0.25, 0.3) is 0 Å². The summed E-state index contributed by atoms with van der Waals surface area (Å²) in [7, 11) is 0. The lowest BCUT2D eigenvalue weighted by Gasteiger charge is -2.39. The molecule has 2 aromatic rings. The number of piperidine rings is 1. The Kier molecular flexibility index (Phi) is 5.30. The minimum atomic E-state index is 0.179. The predicted octanol–water partition coefficient (Wildman–Crippen LogP) is 3.47. The van der Waals surface area contributed by atoms with Crippen molar-refractivity contribution in [3.8, 4) is 0 Å². The Morgan fingerprint density at radius 2 is 1.88 bits per heavy atom. The van der Waals surface area contributed by atoms with Crippen LogP contribution in [0.1, 0.15) is 30.4 Å². The maximum absolute atomic E-state index is 12.5. The average Bonchev–Trinajstić information content (AvgIpc) is 3.53. The molecule has 1 saturated heterocycles. The van der Waals surface area contributed by atoms with E-state index in [4.69, 9.17) is 4.74 Å². The molecule has 1 aromatic heterocycles. The van der Waals surface area contributed by atoms with Crippen molar-refractivity contribution in [1.82, 2.24) is 9.88 Å². The summed E-state index contributed by atoms with van der Waals surface area (Å²) in [6, 6.07) is 14.5. The lowest BCUT2D eigenvalue weighted by molar-refractivity contribution is -0.138. The number of pyridine rings is 1. The molecule has 2 aliphatic rings. The van der Waals surface area contributed by atoms with Crippen molar-refractivity contribution < 1.29 is 9.53 Å². The smallest absolute Gasteiger partial charge is 0.225 e. The summed E-state index contributed by atoms with van der Waals surface area (Å²) in [5.41, 5.74) is 2.41. The lowest BCUT2D eigenvalue weighted by atomic mass is 9.88. The Balaban J connectivity index is 1.43. The van der Waals surface area contributed by atoms with E-state index in [1.165, 1.54) is 5.56 Å². The summed E-state index contributed by atoms with van der Waals surface area (Å²) < 4.78 is 6.28. The van der Waals surface area contributed by atoms with Crippen LogP contribution in [0.2, 0.25) is 0 Å². The third kappa shape index (κ3) is 4.31. The molecule has 2 heterocycles. The molecule has 2 fully saturated rings. The number of carbonyl (C=O) groups is 1. The molecule has 0 bridgehead atoms. The van der Waals surface area contributed by atoms with Crippen LogP contribution < -0.4 is 0 Å². The number of likely N-dealkylation sites (tertiary alicyclic amines) is 1. The Labute approximate surface area is 155 Å². The Morgan fingerprint density at radius 1 is 1.08 bits per heavy atom. The van der Waals surface area contributed by atoms with Crippen LogP contribution in [0.3, 0.4) is 0 Å². The maximum atomic E-state index is 12.5. The molecular weight excluding hydrogens is 324 g/mol. The molecule has 136 valence electrons. The number of hydrogen-bond acceptors (Lipinski definition) is 3. The van der Waals surface area contributed by atoms with E-state index in [0.29, 0.717) is 24.3 Å². The zero-order chi connectivity index (χ0) is 17.8. The highest BCUT2D eigenvalue weighted by molar-refractivity contribution is 5.81. The van der Waals surface area contributed by atoms with Crippen LogP contribution in [0, 0.1) is 11.8 Å². The van der Waals surface area contributed by atoms with Gasteiger partial charge in [0.2, 0.25) is 5.91 Å². The minimum Gasteiger partial charge on any atom is -0.373 e. The van der Waals surface area contributed by atoms with Gasteiger partial charge in [0.15, 0.2) is 0 Å². The first-order valence-corrected chi connectivity index (χ1v) is 9.63. The highest BCUT2D eigenvalue weighted by atomic mass is 16.5. The molecule has 1 saturated carbocycles. The van der Waals surface area contributed by atoms with Gasteiger partial charge < -0.3 is 9.64 Å². The minimum absolute atomic E-state index is 0.179. The fourth-order valence-corrected chi connectivity index (χ4v) is 3.82. The molecular formula is C22H26N2O2.